The van der Waals surface area contributed by atoms with Gasteiger partial charge in [0.15, 0.2) is 0 Å². The lowest BCUT2D eigenvalue weighted by Crippen LogP contribution is -2.25. The largest absolute Gasteiger partial charge is 0.449 e. The van der Waals surface area contributed by atoms with E-state index < -0.39 is 29.7 Å². The number of allylic oxidation sites excluding steroid dienone is 1. The highest BCUT2D eigenvalue weighted by molar-refractivity contribution is 7.99. The number of halogens is 6. The molecule has 0 amide bonds. The molecule has 0 aliphatic carbocycles. The van der Waals surface area contributed by atoms with Crippen LogP contribution in [0, 0.1) is 0 Å². The first-order valence-electron chi connectivity index (χ1n) is 11.0. The highest BCUT2D eigenvalue weighted by Gasteiger charge is 2.44. The van der Waals surface area contributed by atoms with E-state index in [9.17, 15) is 31.1 Å². The highest BCUT2D eigenvalue weighted by atomic mass is 32.2. The number of ether oxygens (including phenoxy) is 1. The first-order valence-corrected chi connectivity index (χ1v) is 12.8. The Balaban J connectivity index is 1.86. The first kappa shape index (κ1) is 28.6. The van der Waals surface area contributed by atoms with Crippen molar-refractivity contribution in [2.75, 3.05) is 11.5 Å². The maximum Gasteiger partial charge on any atom is 0.449 e. The fourth-order valence-electron chi connectivity index (χ4n) is 3.16. The Bertz CT molecular complexity index is 1340. The molecular weight excluding hydrogens is 538 g/mol. The van der Waals surface area contributed by atoms with Gasteiger partial charge in [-0.15, -0.1) is 23.1 Å². The molecule has 4 nitrogen and oxygen atoms in total. The third-order valence-corrected chi connectivity index (χ3v) is 7.12. The van der Waals surface area contributed by atoms with Crippen LogP contribution in [-0.4, -0.2) is 29.1 Å². The molecule has 0 fully saturated rings. The summed E-state index contributed by atoms with van der Waals surface area (Å²) < 4.78 is 86.3. The van der Waals surface area contributed by atoms with E-state index in [1.807, 2.05) is 13.8 Å². The zero-order valence-corrected chi connectivity index (χ0v) is 21.3. The molecule has 3 rings (SSSR count). The molecule has 2 N–H and O–H groups in total. The molecule has 0 saturated carbocycles. The molecule has 37 heavy (non-hydrogen) atoms. The Morgan fingerprint density at radius 2 is 1.68 bits per heavy atom. The molecule has 1 aromatic heterocycles. The molecule has 0 radical (unpaired) electrons. The second-order valence-corrected chi connectivity index (χ2v) is 9.88. The Morgan fingerprint density at radius 3 is 2.30 bits per heavy atom. The van der Waals surface area contributed by atoms with Gasteiger partial charge in [0.1, 0.15) is 10.6 Å². The van der Waals surface area contributed by atoms with Gasteiger partial charge >= 0.3 is 18.3 Å². The first-order chi connectivity index (χ1) is 17.3. The molecule has 0 unspecified atom stereocenters. The number of anilines is 1. The number of nitrogens with two attached hydrogens (primary N) is 1. The minimum Gasteiger partial charge on any atom is -0.418 e. The van der Waals surface area contributed by atoms with Gasteiger partial charge in [-0.3, -0.25) is 0 Å². The average molecular weight is 561 g/mol. The van der Waals surface area contributed by atoms with E-state index >= 15 is 0 Å². The number of nitrogens with zero attached hydrogens (tertiary/aromatic N) is 1. The van der Waals surface area contributed by atoms with Crippen LogP contribution in [0.5, 0.6) is 0 Å². The van der Waals surface area contributed by atoms with E-state index in [1.54, 1.807) is 36.4 Å². The van der Waals surface area contributed by atoms with Crippen molar-refractivity contribution in [3.05, 3.63) is 69.9 Å². The summed E-state index contributed by atoms with van der Waals surface area (Å²) >= 11 is 1.81. The number of carbonyl (C=O) groups is 1. The predicted molar refractivity (Wildman–Crippen MR) is 134 cm³/mol. The quantitative estimate of drug-likeness (QED) is 0.0763. The van der Waals surface area contributed by atoms with Gasteiger partial charge in [-0.1, -0.05) is 32.1 Å². The van der Waals surface area contributed by atoms with Crippen LogP contribution >= 0.6 is 23.1 Å². The van der Waals surface area contributed by atoms with Crippen LogP contribution in [0.2, 0.25) is 0 Å². The summed E-state index contributed by atoms with van der Waals surface area (Å²) in [5.74, 6) is -4.43. The van der Waals surface area contributed by atoms with Crippen LogP contribution in [0.15, 0.2) is 58.7 Å². The lowest BCUT2D eigenvalue weighted by atomic mass is 10.1. The number of fused-ring (bicyclic) bond motifs is 1. The second kappa shape index (κ2) is 11.6. The number of aromatic nitrogens is 1. The summed E-state index contributed by atoms with van der Waals surface area (Å²) in [5.41, 5.74) is 6.58. The number of alkyl halides is 6. The number of hydrogen-bond acceptors (Lipinski definition) is 6. The second-order valence-electron chi connectivity index (χ2n) is 7.76. The number of esters is 1. The van der Waals surface area contributed by atoms with E-state index in [4.69, 9.17) is 5.73 Å². The minimum absolute atomic E-state index is 0.164. The third-order valence-electron chi connectivity index (χ3n) is 5.15. The van der Waals surface area contributed by atoms with Gasteiger partial charge in [0.05, 0.1) is 10.2 Å². The van der Waals surface area contributed by atoms with Crippen molar-refractivity contribution >= 4 is 51.0 Å². The van der Waals surface area contributed by atoms with Gasteiger partial charge in [-0.2, -0.15) is 26.3 Å². The fourth-order valence-corrected chi connectivity index (χ4v) is 5.02. The van der Waals surface area contributed by atoms with Gasteiger partial charge < -0.3 is 10.5 Å². The Hall–Kier alpha value is -2.99. The molecule has 12 heteroatoms. The van der Waals surface area contributed by atoms with Crippen LogP contribution in [-0.2, 0) is 22.4 Å². The van der Waals surface area contributed by atoms with E-state index in [0.29, 0.717) is 45.8 Å². The van der Waals surface area contributed by atoms with Crippen molar-refractivity contribution in [1.29, 1.82) is 0 Å². The summed E-state index contributed by atoms with van der Waals surface area (Å²) in [4.78, 5) is 16.8. The smallest absolute Gasteiger partial charge is 0.418 e. The molecule has 0 saturated heterocycles. The summed E-state index contributed by atoms with van der Waals surface area (Å²) in [7, 11) is 0. The molecule has 198 valence electrons. The van der Waals surface area contributed by atoms with Crippen LogP contribution in [0.4, 0.5) is 32.0 Å². The van der Waals surface area contributed by atoms with Crippen LogP contribution in [0.1, 0.15) is 30.0 Å². The maximum atomic E-state index is 13.6. The van der Waals surface area contributed by atoms with Crippen molar-refractivity contribution in [1.82, 2.24) is 4.98 Å². The Morgan fingerprint density at radius 1 is 1.03 bits per heavy atom. The van der Waals surface area contributed by atoms with Gasteiger partial charge in [0, 0.05) is 22.4 Å². The zero-order chi connectivity index (χ0) is 27.4. The van der Waals surface area contributed by atoms with E-state index in [2.05, 4.69) is 9.72 Å². The van der Waals surface area contributed by atoms with Crippen molar-refractivity contribution < 1.29 is 35.9 Å². The van der Waals surface area contributed by atoms with Crippen molar-refractivity contribution in [3.63, 3.8) is 0 Å². The van der Waals surface area contributed by atoms with Gasteiger partial charge in [-0.25, -0.2) is 9.78 Å². The molecule has 2 aromatic carbocycles. The average Bonchev–Trinajstić information content (AvgIpc) is 3.22. The highest BCUT2D eigenvalue weighted by Crippen LogP contribution is 2.35. The normalized spacial score (nSPS) is 13.3. The SMILES string of the molecule is CCc1ccc(N)c(SC/C=C(\C(=O)O/C(=C\c2nc3ccc(CC)cc3s2)C(F)(F)F)C(F)(F)F)c1. The lowest BCUT2D eigenvalue weighted by molar-refractivity contribution is -0.163. The minimum atomic E-state index is -5.24. The van der Waals surface area contributed by atoms with Crippen molar-refractivity contribution in [2.45, 2.75) is 43.9 Å². The molecule has 0 bridgehead atoms. The van der Waals surface area contributed by atoms with Gasteiger partial charge in [0.25, 0.3) is 0 Å². The van der Waals surface area contributed by atoms with E-state index in [-0.39, 0.29) is 10.8 Å². The summed E-state index contributed by atoms with van der Waals surface area (Å²) in [6.45, 7) is 3.80. The summed E-state index contributed by atoms with van der Waals surface area (Å²) in [6.07, 6.45) is -8.19. The summed E-state index contributed by atoms with van der Waals surface area (Å²) in [5, 5.41) is -0.164. The number of rotatable bonds is 8. The molecule has 1 heterocycles. The van der Waals surface area contributed by atoms with Crippen molar-refractivity contribution in [2.24, 2.45) is 0 Å². The maximum absolute atomic E-state index is 13.6. The Labute approximate surface area is 217 Å². The third kappa shape index (κ3) is 7.51. The number of aryl methyl sites for hydroxylation is 2. The van der Waals surface area contributed by atoms with Crippen LogP contribution < -0.4 is 5.73 Å². The topological polar surface area (TPSA) is 65.2 Å². The number of benzene rings is 2. The van der Waals surface area contributed by atoms with E-state index in [0.717, 1.165) is 34.2 Å². The molecule has 3 aromatic rings. The van der Waals surface area contributed by atoms with Crippen LogP contribution in [0.3, 0.4) is 0 Å². The monoisotopic (exact) mass is 560 g/mol. The predicted octanol–water partition coefficient (Wildman–Crippen LogP) is 7.73. The number of nitrogen functional groups attached to an aromatic ring is 1. The number of thioether (sulfide) groups is 1. The molecule has 0 atom stereocenters. The molecule has 0 aliphatic rings. The van der Waals surface area contributed by atoms with E-state index in [1.165, 1.54) is 0 Å². The number of carbonyl (C=O) groups excluding carboxylic acids is 1. The Kier molecular flexibility index (Phi) is 8.96. The van der Waals surface area contributed by atoms with Crippen LogP contribution in [0.25, 0.3) is 16.3 Å². The van der Waals surface area contributed by atoms with Gasteiger partial charge in [-0.05, 0) is 48.2 Å². The standard InChI is InChI=1S/C25H22F6N2O2S2/c1-3-14-5-7-17(32)19(11-14)36-10-9-16(24(26,27)28)23(34)35-21(25(29,30)31)13-22-33-18-8-6-15(4-2)12-20(18)37-22/h5-9,11-13H,3-4,10,32H2,1-2H3/b16-9+,21-13-. The molecule has 0 spiro atoms. The molecule has 0 aliphatic heterocycles. The fraction of sp³-hybridized carbons (Fsp3) is 0.280. The van der Waals surface area contributed by atoms with Crippen molar-refractivity contribution in [3.8, 4) is 0 Å². The van der Waals surface area contributed by atoms with Gasteiger partial charge in [0.2, 0.25) is 5.76 Å². The summed E-state index contributed by atoms with van der Waals surface area (Å²) in [6, 6.07) is 10.2. The number of thiazole rings is 1. The lowest BCUT2D eigenvalue weighted by Gasteiger charge is -2.15. The molecular formula is C25H22F6N2O2S2. The zero-order valence-electron chi connectivity index (χ0n) is 19.7. The number of hydrogen-bond donors (Lipinski definition) is 1.